The predicted octanol–water partition coefficient (Wildman–Crippen LogP) is 3.79. The van der Waals surface area contributed by atoms with Crippen LogP contribution in [0, 0.1) is 6.92 Å². The molecule has 3 rings (SSSR count). The number of hydrogen-bond acceptors (Lipinski definition) is 5. The summed E-state index contributed by atoms with van der Waals surface area (Å²) in [5.41, 5.74) is 3.91. The number of benzene rings is 2. The van der Waals surface area contributed by atoms with Crippen molar-refractivity contribution < 1.29 is 19.1 Å². The van der Waals surface area contributed by atoms with E-state index in [4.69, 9.17) is 9.47 Å². The van der Waals surface area contributed by atoms with E-state index in [1.54, 1.807) is 0 Å². The molecule has 1 aliphatic rings. The van der Waals surface area contributed by atoms with Gasteiger partial charge in [-0.25, -0.2) is 9.59 Å². The lowest BCUT2D eigenvalue weighted by atomic mass is 10.0. The molecule has 0 atom stereocenters. The second-order valence-electron chi connectivity index (χ2n) is 6.28. The van der Waals surface area contributed by atoms with Crippen molar-refractivity contribution in [2.75, 3.05) is 5.32 Å². The Hall–Kier alpha value is -3.08. The normalized spacial score (nSPS) is 16.0. The Morgan fingerprint density at radius 1 is 0.960 bits per heavy atom. The van der Waals surface area contributed by atoms with Crippen LogP contribution in [0.1, 0.15) is 19.4 Å². The molecule has 2 aromatic rings. The summed E-state index contributed by atoms with van der Waals surface area (Å²) in [4.78, 5) is 23.9. The Labute approximate surface area is 146 Å². The fourth-order valence-electron chi connectivity index (χ4n) is 2.61. The molecule has 0 aliphatic carbocycles. The molecule has 128 valence electrons. The van der Waals surface area contributed by atoms with Gasteiger partial charge in [-0.15, -0.1) is 0 Å². The minimum atomic E-state index is -1.24. The van der Waals surface area contributed by atoms with Crippen molar-refractivity contribution in [1.82, 2.24) is 0 Å². The molecule has 0 saturated carbocycles. The van der Waals surface area contributed by atoms with Crippen LogP contribution in [0.25, 0.3) is 11.1 Å². The maximum Gasteiger partial charge on any atom is 0.350 e. The number of hydrogen-bond donors (Lipinski definition) is 1. The van der Waals surface area contributed by atoms with Crippen molar-refractivity contribution in [1.29, 1.82) is 0 Å². The molecule has 2 aromatic carbocycles. The minimum Gasteiger partial charge on any atom is -0.419 e. The third-order valence-corrected chi connectivity index (χ3v) is 3.82. The third-order valence-electron chi connectivity index (χ3n) is 3.82. The number of esters is 2. The quantitative estimate of drug-likeness (QED) is 0.524. The number of aryl methyl sites for hydroxylation is 1. The van der Waals surface area contributed by atoms with E-state index in [1.165, 1.54) is 25.6 Å². The van der Waals surface area contributed by atoms with Crippen molar-refractivity contribution in [2.45, 2.75) is 26.6 Å². The van der Waals surface area contributed by atoms with Gasteiger partial charge >= 0.3 is 11.9 Å². The summed E-state index contributed by atoms with van der Waals surface area (Å²) >= 11 is 0. The molecule has 1 heterocycles. The summed E-state index contributed by atoms with van der Waals surface area (Å²) in [7, 11) is 0. The van der Waals surface area contributed by atoms with Crippen LogP contribution in [0.3, 0.4) is 0 Å². The second kappa shape index (κ2) is 6.43. The highest BCUT2D eigenvalue weighted by atomic mass is 16.7. The summed E-state index contributed by atoms with van der Waals surface area (Å²) in [6.07, 6.45) is 1.32. The summed E-state index contributed by atoms with van der Waals surface area (Å²) in [6.45, 7) is 5.07. The number of rotatable bonds is 3. The van der Waals surface area contributed by atoms with E-state index in [0.717, 1.165) is 16.8 Å². The monoisotopic (exact) mass is 337 g/mol. The zero-order valence-electron chi connectivity index (χ0n) is 14.3. The van der Waals surface area contributed by atoms with Gasteiger partial charge in [-0.05, 0) is 35.7 Å². The Morgan fingerprint density at radius 2 is 1.64 bits per heavy atom. The van der Waals surface area contributed by atoms with Gasteiger partial charge in [0.15, 0.2) is 5.57 Å². The lowest BCUT2D eigenvalue weighted by Crippen LogP contribution is -2.42. The zero-order valence-corrected chi connectivity index (χ0v) is 14.3. The molecule has 0 amide bonds. The Kier molecular flexibility index (Phi) is 4.31. The molecule has 5 heteroatoms. The minimum absolute atomic E-state index is 0.166. The van der Waals surface area contributed by atoms with Crippen LogP contribution < -0.4 is 5.32 Å². The number of ether oxygens (including phenoxy) is 2. The number of nitrogens with one attached hydrogen (secondary N) is 1. The topological polar surface area (TPSA) is 64.6 Å². The summed E-state index contributed by atoms with van der Waals surface area (Å²) in [5, 5.41) is 2.97. The van der Waals surface area contributed by atoms with Crippen molar-refractivity contribution in [3.05, 3.63) is 65.9 Å². The molecular formula is C20H19NO4. The number of anilines is 1. The Balaban J connectivity index is 1.83. The number of carbonyl (C=O) groups excluding carboxylic acids is 2. The molecule has 0 bridgehead atoms. The summed E-state index contributed by atoms with van der Waals surface area (Å²) < 4.78 is 10.1. The summed E-state index contributed by atoms with van der Waals surface area (Å²) in [6, 6.07) is 15.8. The van der Waals surface area contributed by atoms with E-state index in [2.05, 4.69) is 5.32 Å². The van der Waals surface area contributed by atoms with Gasteiger partial charge in [0.05, 0.1) is 0 Å². The van der Waals surface area contributed by atoms with Crippen LogP contribution >= 0.6 is 0 Å². The van der Waals surface area contributed by atoms with Crippen LogP contribution in [-0.2, 0) is 19.1 Å². The largest absolute Gasteiger partial charge is 0.419 e. The maximum absolute atomic E-state index is 11.9. The molecule has 0 unspecified atom stereocenters. The van der Waals surface area contributed by atoms with Crippen LogP contribution in [0.4, 0.5) is 5.69 Å². The molecule has 1 fully saturated rings. The third kappa shape index (κ3) is 3.71. The van der Waals surface area contributed by atoms with Crippen molar-refractivity contribution in [3.8, 4) is 11.1 Å². The zero-order chi connectivity index (χ0) is 18.0. The first-order valence-corrected chi connectivity index (χ1v) is 7.95. The van der Waals surface area contributed by atoms with Gasteiger partial charge in [0, 0.05) is 25.7 Å². The van der Waals surface area contributed by atoms with E-state index in [9.17, 15) is 9.59 Å². The van der Waals surface area contributed by atoms with Crippen molar-refractivity contribution in [3.63, 3.8) is 0 Å². The average Bonchev–Trinajstić information content (AvgIpc) is 2.53. The van der Waals surface area contributed by atoms with Gasteiger partial charge in [-0.3, -0.25) is 0 Å². The van der Waals surface area contributed by atoms with E-state index in [-0.39, 0.29) is 5.57 Å². The molecular weight excluding hydrogens is 318 g/mol. The van der Waals surface area contributed by atoms with Crippen LogP contribution in [0.2, 0.25) is 0 Å². The smallest absolute Gasteiger partial charge is 0.350 e. The first kappa shape index (κ1) is 16.8. The number of cyclic esters (lactones) is 2. The molecule has 5 nitrogen and oxygen atoms in total. The van der Waals surface area contributed by atoms with Gasteiger partial charge in [0.25, 0.3) is 5.79 Å². The summed E-state index contributed by atoms with van der Waals surface area (Å²) in [5.74, 6) is -2.65. The first-order chi connectivity index (χ1) is 11.9. The molecule has 1 aliphatic heterocycles. The Bertz CT molecular complexity index is 846. The highest BCUT2D eigenvalue weighted by Crippen LogP contribution is 2.26. The predicted molar refractivity (Wildman–Crippen MR) is 94.6 cm³/mol. The number of carbonyl (C=O) groups is 2. The molecule has 25 heavy (non-hydrogen) atoms. The van der Waals surface area contributed by atoms with Crippen LogP contribution in [-0.4, -0.2) is 17.7 Å². The van der Waals surface area contributed by atoms with Gasteiger partial charge in [-0.1, -0.05) is 36.4 Å². The molecule has 0 aromatic heterocycles. The first-order valence-electron chi connectivity index (χ1n) is 7.95. The van der Waals surface area contributed by atoms with E-state index < -0.39 is 17.7 Å². The molecule has 1 saturated heterocycles. The molecule has 0 spiro atoms. The molecule has 0 radical (unpaired) electrons. The highest BCUT2D eigenvalue weighted by molar-refractivity contribution is 6.15. The SMILES string of the molecule is Cc1ccccc1-c1cccc(NC=C2C(=O)OC(C)(C)OC2=O)c1. The van der Waals surface area contributed by atoms with Crippen LogP contribution in [0.5, 0.6) is 0 Å². The lowest BCUT2D eigenvalue weighted by molar-refractivity contribution is -0.222. The second-order valence-corrected chi connectivity index (χ2v) is 6.28. The van der Waals surface area contributed by atoms with E-state index in [1.807, 2.05) is 55.5 Å². The van der Waals surface area contributed by atoms with E-state index in [0.29, 0.717) is 0 Å². The van der Waals surface area contributed by atoms with Crippen LogP contribution in [0.15, 0.2) is 60.3 Å². The molecule has 1 N–H and O–H groups in total. The fourth-order valence-corrected chi connectivity index (χ4v) is 2.61. The van der Waals surface area contributed by atoms with Gasteiger partial charge in [-0.2, -0.15) is 0 Å². The van der Waals surface area contributed by atoms with Crippen molar-refractivity contribution in [2.24, 2.45) is 0 Å². The fraction of sp³-hybridized carbons (Fsp3) is 0.200. The lowest BCUT2D eigenvalue weighted by Gasteiger charge is -2.29. The van der Waals surface area contributed by atoms with Gasteiger partial charge in [0.1, 0.15) is 0 Å². The maximum atomic E-state index is 11.9. The van der Waals surface area contributed by atoms with Gasteiger partial charge in [0.2, 0.25) is 0 Å². The highest BCUT2D eigenvalue weighted by Gasteiger charge is 2.38. The van der Waals surface area contributed by atoms with Gasteiger partial charge < -0.3 is 14.8 Å². The standard InChI is InChI=1S/C20H19NO4/c1-13-7-4-5-10-16(13)14-8-6-9-15(11-14)21-12-17-18(22)24-20(2,3)25-19(17)23/h4-12,21H,1-3H3. The van der Waals surface area contributed by atoms with Crippen molar-refractivity contribution >= 4 is 17.6 Å². The van der Waals surface area contributed by atoms with E-state index >= 15 is 0 Å². The average molecular weight is 337 g/mol. The Morgan fingerprint density at radius 3 is 2.32 bits per heavy atom.